The Bertz CT molecular complexity index is 1780. The average molecular weight is 856 g/mol. The molecule has 2 atom stereocenters. The van der Waals surface area contributed by atoms with Crippen LogP contribution in [-0.4, -0.2) is 109 Å². The van der Waals surface area contributed by atoms with Crippen molar-refractivity contribution < 1.29 is 51.5 Å². The molecular weight excluding hydrogens is 799 g/mol. The van der Waals surface area contributed by atoms with E-state index in [9.17, 15) is 23.1 Å². The minimum atomic E-state index is -3.42. The maximum atomic E-state index is 12.1. The molecule has 1 aliphatic rings. The lowest BCUT2D eigenvalue weighted by molar-refractivity contribution is -0.140. The molecule has 0 spiro atoms. The van der Waals surface area contributed by atoms with E-state index in [1.54, 1.807) is 21.3 Å². The number of amides is 1. The summed E-state index contributed by atoms with van der Waals surface area (Å²) in [5.41, 5.74) is 2.95. The van der Waals surface area contributed by atoms with Crippen molar-refractivity contribution in [2.45, 2.75) is 82.1 Å². The quantitative estimate of drug-likeness (QED) is 0.0745. The number of hydrogen-bond donors (Lipinski definition) is 2. The number of carboxylic acids is 1. The number of carbonyl (C=O) groups excluding carboxylic acids is 1. The van der Waals surface area contributed by atoms with Crippen molar-refractivity contribution in [3.63, 3.8) is 0 Å². The summed E-state index contributed by atoms with van der Waals surface area (Å²) in [5, 5.41) is 12.3. The molecule has 1 amide bonds. The van der Waals surface area contributed by atoms with Gasteiger partial charge in [0.1, 0.15) is 17.5 Å². The Morgan fingerprint density at radius 2 is 1.53 bits per heavy atom. The van der Waals surface area contributed by atoms with Gasteiger partial charge in [-0.2, -0.15) is 4.31 Å². The second-order valence-corrected chi connectivity index (χ2v) is 16.9. The topological polar surface area (TPSA) is 159 Å². The molecule has 16 heteroatoms. The van der Waals surface area contributed by atoms with Gasteiger partial charge in [0.15, 0.2) is 0 Å². The van der Waals surface area contributed by atoms with E-state index < -0.39 is 22.0 Å². The fourth-order valence-electron chi connectivity index (χ4n) is 5.94. The van der Waals surface area contributed by atoms with E-state index in [-0.39, 0.29) is 23.0 Å². The van der Waals surface area contributed by atoms with Gasteiger partial charge < -0.3 is 38.8 Å². The number of nitrogens with one attached hydrogen (secondary N) is 1. The first-order chi connectivity index (χ1) is 27.1. The van der Waals surface area contributed by atoms with E-state index in [2.05, 4.69) is 5.32 Å². The number of carboxylic acid groups (broad SMARTS) is 1. The van der Waals surface area contributed by atoms with Crippen molar-refractivity contribution in [2.24, 2.45) is 0 Å². The van der Waals surface area contributed by atoms with E-state index in [0.717, 1.165) is 47.9 Å². The lowest BCUT2D eigenvalue weighted by Gasteiger charge is -2.26. The zero-order valence-corrected chi connectivity index (χ0v) is 35.9. The number of benzene rings is 3. The number of carbonyl (C=O) groups is 2. The summed E-state index contributed by atoms with van der Waals surface area (Å²) in [6, 6.07) is 14.6. The Hall–Kier alpha value is -3.47. The Morgan fingerprint density at radius 3 is 2.07 bits per heavy atom. The van der Waals surface area contributed by atoms with Crippen molar-refractivity contribution >= 4 is 45.6 Å². The molecule has 316 valence electrons. The highest BCUT2D eigenvalue weighted by Crippen LogP contribution is 2.40. The molecule has 0 saturated carbocycles. The molecule has 1 fully saturated rings. The third kappa shape index (κ3) is 15.7. The van der Waals surface area contributed by atoms with Gasteiger partial charge in [-0.3, -0.25) is 4.79 Å². The molecule has 0 aliphatic carbocycles. The van der Waals surface area contributed by atoms with Gasteiger partial charge in [0.2, 0.25) is 16.4 Å². The van der Waals surface area contributed by atoms with Gasteiger partial charge in [0, 0.05) is 49.9 Å². The lowest BCUT2D eigenvalue weighted by Crippen LogP contribution is -2.37. The Labute approximate surface area is 346 Å². The van der Waals surface area contributed by atoms with E-state index in [0.29, 0.717) is 74.1 Å². The molecule has 57 heavy (non-hydrogen) atoms. The van der Waals surface area contributed by atoms with Crippen molar-refractivity contribution in [3.05, 3.63) is 75.8 Å². The van der Waals surface area contributed by atoms with Crippen molar-refractivity contribution in [1.29, 1.82) is 0 Å². The molecule has 1 aliphatic heterocycles. The molecule has 13 nitrogen and oxygen atoms in total. The number of aliphatic carboxylic acids is 1. The molecule has 0 bridgehead atoms. The van der Waals surface area contributed by atoms with Crippen LogP contribution < -0.4 is 14.8 Å². The minimum Gasteiger partial charge on any atom is -0.496 e. The highest BCUT2D eigenvalue weighted by molar-refractivity contribution is 7.89. The number of halogens is 2. The van der Waals surface area contributed by atoms with Crippen LogP contribution in [0.3, 0.4) is 0 Å². The highest BCUT2D eigenvalue weighted by atomic mass is 35.5. The standard InChI is InChI=1S/C31H45NO9.C10H11Cl2NO2S/c1-22(11-13-36-4)40-14-12-31(2,3)41-16-15-39-20-24-18-27(37-5)29(28(19-24)38-6)25-9-7-23(8-10-25)17-26(30(34)35)32-21-33;11-8-5-9(12)7-10(6-8)16(14,15)13-3-1-2-4-13/h7-10,18-19,21-22,26H,11-17,20H2,1-6H3,(H,32,33)(H,34,35);5-7H,1-4H2. The van der Waals surface area contributed by atoms with Crippen LogP contribution in [0.5, 0.6) is 11.5 Å². The Morgan fingerprint density at radius 1 is 0.912 bits per heavy atom. The summed E-state index contributed by atoms with van der Waals surface area (Å²) in [6.07, 6.45) is 4.17. The third-order valence-electron chi connectivity index (χ3n) is 9.18. The van der Waals surface area contributed by atoms with Crippen LogP contribution in [0, 0.1) is 0 Å². The fraction of sp³-hybridized carbons (Fsp3) is 0.512. The van der Waals surface area contributed by atoms with Crippen LogP contribution in [0.4, 0.5) is 0 Å². The van der Waals surface area contributed by atoms with Crippen molar-refractivity contribution in [1.82, 2.24) is 9.62 Å². The van der Waals surface area contributed by atoms with Crippen LogP contribution in [0.25, 0.3) is 11.1 Å². The molecule has 1 saturated heterocycles. The normalized spacial score (nSPS) is 14.3. The largest absolute Gasteiger partial charge is 0.496 e. The fourth-order valence-corrected chi connectivity index (χ4v) is 8.19. The molecule has 0 aromatic heterocycles. The SMILES string of the molecule is COCCC(C)OCCC(C)(C)OCCOCc1cc(OC)c(-c2ccc(CC(NC=O)C(=O)O)cc2)c(OC)c1.O=S(=O)(c1cc(Cl)cc(Cl)c1)N1CCCC1. The van der Waals surface area contributed by atoms with E-state index in [4.69, 9.17) is 51.6 Å². The zero-order valence-electron chi connectivity index (χ0n) is 33.6. The predicted molar refractivity (Wildman–Crippen MR) is 220 cm³/mol. The van der Waals surface area contributed by atoms with Crippen LogP contribution in [0.15, 0.2) is 59.5 Å². The van der Waals surface area contributed by atoms with Crippen LogP contribution in [0.2, 0.25) is 10.0 Å². The number of ether oxygens (including phenoxy) is 6. The number of rotatable bonds is 23. The molecule has 3 aromatic carbocycles. The lowest BCUT2D eigenvalue weighted by atomic mass is 9.98. The van der Waals surface area contributed by atoms with Gasteiger partial charge in [0.05, 0.1) is 56.2 Å². The van der Waals surface area contributed by atoms with Crippen molar-refractivity contribution in [3.8, 4) is 22.6 Å². The first-order valence-corrected chi connectivity index (χ1v) is 20.9. The molecule has 2 unspecified atom stereocenters. The summed E-state index contributed by atoms with van der Waals surface area (Å²) >= 11 is 11.6. The smallest absolute Gasteiger partial charge is 0.326 e. The van der Waals surface area contributed by atoms with Gasteiger partial charge in [-0.1, -0.05) is 47.5 Å². The first kappa shape index (κ1) is 47.9. The molecule has 2 N–H and O–H groups in total. The third-order valence-corrected chi connectivity index (χ3v) is 11.5. The van der Waals surface area contributed by atoms with E-state index in [1.807, 2.05) is 57.2 Å². The molecule has 1 heterocycles. The molecule has 0 radical (unpaired) electrons. The number of hydrogen-bond acceptors (Lipinski definition) is 10. The number of methoxy groups -OCH3 is 3. The van der Waals surface area contributed by atoms with Gasteiger partial charge in [0.25, 0.3) is 0 Å². The van der Waals surface area contributed by atoms with E-state index in [1.165, 1.54) is 22.5 Å². The second kappa shape index (κ2) is 23.8. The average Bonchev–Trinajstić information content (AvgIpc) is 3.73. The summed E-state index contributed by atoms with van der Waals surface area (Å²) in [7, 11) is 1.46. The van der Waals surface area contributed by atoms with Crippen LogP contribution in [-0.2, 0) is 51.6 Å². The van der Waals surface area contributed by atoms with Gasteiger partial charge in [-0.15, -0.1) is 0 Å². The maximum absolute atomic E-state index is 12.1. The molecule has 4 rings (SSSR count). The number of nitrogens with zero attached hydrogens (tertiary/aromatic N) is 1. The monoisotopic (exact) mass is 854 g/mol. The summed E-state index contributed by atoms with van der Waals surface area (Å²) in [5.74, 6) is 0.156. The van der Waals surface area contributed by atoms with Crippen LogP contribution >= 0.6 is 23.2 Å². The van der Waals surface area contributed by atoms with Gasteiger partial charge >= 0.3 is 5.97 Å². The predicted octanol–water partition coefficient (Wildman–Crippen LogP) is 7.03. The van der Waals surface area contributed by atoms with Gasteiger partial charge in [-0.05, 0) is 93.5 Å². The first-order valence-electron chi connectivity index (χ1n) is 18.7. The summed E-state index contributed by atoms with van der Waals surface area (Å²) in [4.78, 5) is 22.2. The maximum Gasteiger partial charge on any atom is 0.326 e. The number of sulfonamides is 1. The molecular formula is C41H56Cl2N2O11S. The van der Waals surface area contributed by atoms with Crippen molar-refractivity contribution in [2.75, 3.05) is 60.8 Å². The second-order valence-electron chi connectivity index (χ2n) is 14.0. The van der Waals surface area contributed by atoms with Crippen LogP contribution in [0.1, 0.15) is 57.6 Å². The molecule has 3 aromatic rings. The summed E-state index contributed by atoms with van der Waals surface area (Å²) < 4.78 is 60.0. The van der Waals surface area contributed by atoms with Gasteiger partial charge in [-0.25, -0.2) is 13.2 Å². The zero-order chi connectivity index (χ0) is 42.0. The minimum absolute atomic E-state index is 0.150. The highest BCUT2D eigenvalue weighted by Gasteiger charge is 2.27. The van der Waals surface area contributed by atoms with E-state index >= 15 is 0 Å². The Kier molecular flexibility index (Phi) is 20.0. The Balaban J connectivity index is 0.000000448. The summed E-state index contributed by atoms with van der Waals surface area (Å²) in [6.45, 7) is 9.83.